The summed E-state index contributed by atoms with van der Waals surface area (Å²) >= 11 is 5.62. The number of carbonyl (C=O) groups excluding carboxylic acids is 1. The maximum Gasteiger partial charge on any atom is 0.285 e. The average molecular weight is 362 g/mol. The van der Waals surface area contributed by atoms with Crippen molar-refractivity contribution < 1.29 is 14.3 Å². The van der Waals surface area contributed by atoms with Crippen LogP contribution in [0.4, 0.5) is 4.39 Å². The van der Waals surface area contributed by atoms with Gasteiger partial charge in [0.05, 0.1) is 9.38 Å². The van der Waals surface area contributed by atoms with Gasteiger partial charge < -0.3 is 5.11 Å². The zero-order chi connectivity index (χ0) is 14.2. The van der Waals surface area contributed by atoms with E-state index in [0.29, 0.717) is 20.4 Å². The molecule has 0 unspecified atom stereocenters. The van der Waals surface area contributed by atoms with Crippen molar-refractivity contribution in [3.8, 4) is 5.75 Å². The number of carbonyl (C=O) groups is 1. The largest absolute Gasteiger partial charge is 0.506 e. The molecule has 1 aliphatic heterocycles. The van der Waals surface area contributed by atoms with Crippen molar-refractivity contribution in [3.05, 3.63) is 32.4 Å². The van der Waals surface area contributed by atoms with Crippen LogP contribution in [0.2, 0.25) is 0 Å². The van der Waals surface area contributed by atoms with Crippen LogP contribution in [0.5, 0.6) is 5.75 Å². The third-order valence-electron chi connectivity index (χ3n) is 2.45. The first-order valence-electron chi connectivity index (χ1n) is 5.18. The summed E-state index contributed by atoms with van der Waals surface area (Å²) in [6.45, 7) is 1.59. The molecule has 0 spiro atoms. The van der Waals surface area contributed by atoms with Crippen LogP contribution >= 0.6 is 39.5 Å². The smallest absolute Gasteiger partial charge is 0.285 e. The number of aryl methyl sites for hydroxylation is 1. The number of halogens is 2. The Morgan fingerprint density at radius 3 is 2.84 bits per heavy atom. The SMILES string of the molecule is CSC1=NC(=O)/C(=C/c2cc(C)c(F)c(Br)c2O)S1. The molecular formula is C12H9BrFNO2S2. The molecule has 1 aromatic rings. The summed E-state index contributed by atoms with van der Waals surface area (Å²) in [4.78, 5) is 15.9. The number of aromatic hydroxyl groups is 1. The van der Waals surface area contributed by atoms with Gasteiger partial charge in [-0.25, -0.2) is 4.39 Å². The summed E-state index contributed by atoms with van der Waals surface area (Å²) in [5, 5.41) is 9.88. The van der Waals surface area contributed by atoms with Gasteiger partial charge in [0.15, 0.2) is 0 Å². The number of hydrogen-bond acceptors (Lipinski definition) is 4. The second-order valence-corrected chi connectivity index (χ2v) is 6.63. The van der Waals surface area contributed by atoms with Crippen LogP contribution in [0, 0.1) is 12.7 Å². The van der Waals surface area contributed by atoms with Crippen molar-refractivity contribution >= 4 is 55.8 Å². The quantitative estimate of drug-likeness (QED) is 0.769. The molecule has 0 radical (unpaired) electrons. The summed E-state index contributed by atoms with van der Waals surface area (Å²) < 4.78 is 14.2. The molecule has 0 saturated carbocycles. The van der Waals surface area contributed by atoms with E-state index in [-0.39, 0.29) is 16.1 Å². The van der Waals surface area contributed by atoms with Gasteiger partial charge in [0, 0.05) is 5.56 Å². The third-order valence-corrected chi connectivity index (χ3v) is 5.15. The minimum absolute atomic E-state index is 0.000745. The van der Waals surface area contributed by atoms with Crippen LogP contribution in [-0.2, 0) is 4.79 Å². The fourth-order valence-electron chi connectivity index (χ4n) is 1.50. The van der Waals surface area contributed by atoms with E-state index >= 15 is 0 Å². The second kappa shape index (κ2) is 5.68. The molecule has 0 atom stereocenters. The Labute approximate surface area is 126 Å². The lowest BCUT2D eigenvalue weighted by molar-refractivity contribution is -0.113. The molecule has 100 valence electrons. The highest BCUT2D eigenvalue weighted by Gasteiger charge is 2.22. The minimum atomic E-state index is -0.508. The molecule has 0 aromatic heterocycles. The van der Waals surface area contributed by atoms with Crippen molar-refractivity contribution in [2.45, 2.75) is 6.92 Å². The summed E-state index contributed by atoms with van der Waals surface area (Å²) in [6.07, 6.45) is 3.35. The Balaban J connectivity index is 2.43. The molecule has 0 fully saturated rings. The van der Waals surface area contributed by atoms with Crippen molar-refractivity contribution in [1.82, 2.24) is 0 Å². The standard InChI is InChI=1S/C12H9BrFNO2S2/c1-5-3-6(10(16)8(13)9(5)14)4-7-11(17)15-12(18-2)19-7/h3-4,16H,1-2H3/b7-4-. The van der Waals surface area contributed by atoms with Gasteiger partial charge >= 0.3 is 0 Å². The maximum atomic E-state index is 13.6. The predicted molar refractivity (Wildman–Crippen MR) is 82.0 cm³/mol. The topological polar surface area (TPSA) is 49.7 Å². The molecule has 0 saturated heterocycles. The van der Waals surface area contributed by atoms with Gasteiger partial charge in [-0.05, 0) is 46.8 Å². The monoisotopic (exact) mass is 361 g/mol. The summed E-state index contributed by atoms with van der Waals surface area (Å²) in [7, 11) is 0. The Kier molecular flexibility index (Phi) is 4.37. The minimum Gasteiger partial charge on any atom is -0.506 e. The predicted octanol–water partition coefficient (Wildman–Crippen LogP) is 3.94. The van der Waals surface area contributed by atoms with Crippen LogP contribution in [0.1, 0.15) is 11.1 Å². The first-order chi connectivity index (χ1) is 8.93. The van der Waals surface area contributed by atoms with Crippen LogP contribution in [0.25, 0.3) is 6.08 Å². The zero-order valence-electron chi connectivity index (χ0n) is 10.0. The molecule has 2 rings (SSSR count). The Morgan fingerprint density at radius 1 is 1.58 bits per heavy atom. The number of nitrogens with zero attached hydrogens (tertiary/aromatic N) is 1. The molecule has 1 aliphatic rings. The van der Waals surface area contributed by atoms with E-state index in [4.69, 9.17) is 0 Å². The van der Waals surface area contributed by atoms with Crippen molar-refractivity contribution in [2.24, 2.45) is 4.99 Å². The molecule has 3 nitrogen and oxygen atoms in total. The van der Waals surface area contributed by atoms with E-state index in [2.05, 4.69) is 20.9 Å². The molecule has 19 heavy (non-hydrogen) atoms. The van der Waals surface area contributed by atoms with E-state index in [1.165, 1.54) is 35.7 Å². The normalized spacial score (nSPS) is 17.2. The van der Waals surface area contributed by atoms with E-state index in [1.807, 2.05) is 6.26 Å². The summed E-state index contributed by atoms with van der Waals surface area (Å²) in [6, 6.07) is 1.49. The number of aliphatic imine (C=N–C) groups is 1. The van der Waals surface area contributed by atoms with Gasteiger partial charge in [-0.3, -0.25) is 4.79 Å². The molecule has 1 aromatic carbocycles. The van der Waals surface area contributed by atoms with Crippen LogP contribution in [0.15, 0.2) is 20.4 Å². The molecule has 7 heteroatoms. The van der Waals surface area contributed by atoms with Gasteiger partial charge in [-0.15, -0.1) is 11.8 Å². The van der Waals surface area contributed by atoms with Gasteiger partial charge in [0.25, 0.3) is 5.91 Å². The average Bonchev–Trinajstić information content (AvgIpc) is 2.74. The lowest BCUT2D eigenvalue weighted by Gasteiger charge is -2.06. The fourth-order valence-corrected chi connectivity index (χ4v) is 3.45. The van der Waals surface area contributed by atoms with Gasteiger partial charge in [-0.2, -0.15) is 4.99 Å². The van der Waals surface area contributed by atoms with Gasteiger partial charge in [0.2, 0.25) is 0 Å². The highest BCUT2D eigenvalue weighted by molar-refractivity contribution is 9.10. The molecular weight excluding hydrogens is 353 g/mol. The van der Waals surface area contributed by atoms with Crippen molar-refractivity contribution in [2.75, 3.05) is 6.26 Å². The van der Waals surface area contributed by atoms with Crippen molar-refractivity contribution in [3.63, 3.8) is 0 Å². The molecule has 1 heterocycles. The van der Waals surface area contributed by atoms with Crippen LogP contribution < -0.4 is 0 Å². The highest BCUT2D eigenvalue weighted by atomic mass is 79.9. The van der Waals surface area contributed by atoms with Crippen molar-refractivity contribution in [1.29, 1.82) is 0 Å². The first-order valence-corrected chi connectivity index (χ1v) is 8.01. The zero-order valence-corrected chi connectivity index (χ0v) is 13.2. The second-order valence-electron chi connectivity index (χ2n) is 3.76. The Hall–Kier alpha value is -0.790. The summed E-state index contributed by atoms with van der Waals surface area (Å²) in [5.41, 5.74) is 0.775. The van der Waals surface area contributed by atoms with E-state index in [9.17, 15) is 14.3 Å². The lowest BCUT2D eigenvalue weighted by atomic mass is 10.1. The number of benzene rings is 1. The number of hydrogen-bond donors (Lipinski definition) is 1. The van der Waals surface area contributed by atoms with Gasteiger partial charge in [-0.1, -0.05) is 11.8 Å². The van der Waals surface area contributed by atoms with E-state index < -0.39 is 5.82 Å². The number of rotatable bonds is 1. The van der Waals surface area contributed by atoms with E-state index in [0.717, 1.165) is 0 Å². The first kappa shape index (κ1) is 14.6. The Morgan fingerprint density at radius 2 is 2.26 bits per heavy atom. The number of phenols is 1. The molecule has 0 aliphatic carbocycles. The third kappa shape index (κ3) is 2.88. The number of phenolic OH excluding ortho intramolecular Hbond substituents is 1. The molecule has 0 bridgehead atoms. The maximum absolute atomic E-state index is 13.6. The highest BCUT2D eigenvalue weighted by Crippen LogP contribution is 2.37. The van der Waals surface area contributed by atoms with Gasteiger partial charge in [0.1, 0.15) is 15.9 Å². The fraction of sp³-hybridized carbons (Fsp3) is 0.167. The van der Waals surface area contributed by atoms with E-state index in [1.54, 1.807) is 6.92 Å². The number of amides is 1. The summed E-state index contributed by atoms with van der Waals surface area (Å²) in [5.74, 6) is -1.07. The number of thioether (sulfide) groups is 2. The van der Waals surface area contributed by atoms with Crippen LogP contribution in [0.3, 0.4) is 0 Å². The molecule has 1 amide bonds. The lowest BCUT2D eigenvalue weighted by Crippen LogP contribution is -1.91. The van der Waals surface area contributed by atoms with Crippen LogP contribution in [-0.4, -0.2) is 21.6 Å². The molecule has 1 N–H and O–H groups in total. The Bertz CT molecular complexity index is 629.